The first-order valence-corrected chi connectivity index (χ1v) is 7.78. The molecule has 0 saturated carbocycles. The smallest absolute Gasteiger partial charge is 0.374 e. The summed E-state index contributed by atoms with van der Waals surface area (Å²) in [5.41, 5.74) is 2.44. The molecule has 0 fully saturated rings. The van der Waals surface area contributed by atoms with E-state index in [2.05, 4.69) is 4.98 Å². The summed E-state index contributed by atoms with van der Waals surface area (Å²) in [6, 6.07) is 9.34. The molecule has 3 aromatic rings. The van der Waals surface area contributed by atoms with Crippen molar-refractivity contribution in [1.82, 2.24) is 4.98 Å². The van der Waals surface area contributed by atoms with Gasteiger partial charge in [-0.3, -0.25) is 4.98 Å². The van der Waals surface area contributed by atoms with Gasteiger partial charge >= 0.3 is 5.97 Å². The zero-order valence-electron chi connectivity index (χ0n) is 12.7. The molecule has 23 heavy (non-hydrogen) atoms. The Morgan fingerprint density at radius 1 is 1.26 bits per heavy atom. The van der Waals surface area contributed by atoms with Crippen LogP contribution in [0.25, 0.3) is 11.0 Å². The van der Waals surface area contributed by atoms with E-state index < -0.39 is 5.97 Å². The van der Waals surface area contributed by atoms with Gasteiger partial charge in [-0.15, -0.1) is 0 Å². The third-order valence-corrected chi connectivity index (χ3v) is 3.99. The van der Waals surface area contributed by atoms with Crippen molar-refractivity contribution in [3.05, 3.63) is 64.6 Å². The first kappa shape index (κ1) is 15.6. The standard InChI is InChI=1S/C18H16ClNO3/c1-12-14-5-2-6-15(19)17(14)23-16(12)18(21)22-11-3-4-13-7-9-20-10-8-13/h2,5-10H,3-4,11H2,1H3. The van der Waals surface area contributed by atoms with E-state index in [1.54, 1.807) is 18.5 Å². The van der Waals surface area contributed by atoms with Crippen LogP contribution in [0.1, 0.15) is 28.1 Å². The van der Waals surface area contributed by atoms with Gasteiger partial charge in [0, 0.05) is 23.3 Å². The van der Waals surface area contributed by atoms with E-state index >= 15 is 0 Å². The van der Waals surface area contributed by atoms with E-state index in [1.807, 2.05) is 31.2 Å². The summed E-state index contributed by atoms with van der Waals surface area (Å²) < 4.78 is 10.9. The SMILES string of the molecule is Cc1c(C(=O)OCCCc2ccncc2)oc2c(Cl)cccc12. The number of para-hydroxylation sites is 1. The van der Waals surface area contributed by atoms with E-state index in [-0.39, 0.29) is 5.76 Å². The highest BCUT2D eigenvalue weighted by atomic mass is 35.5. The summed E-state index contributed by atoms with van der Waals surface area (Å²) in [7, 11) is 0. The van der Waals surface area contributed by atoms with E-state index in [4.69, 9.17) is 20.8 Å². The molecule has 5 heteroatoms. The summed E-state index contributed by atoms with van der Waals surface area (Å²) in [6.07, 6.45) is 5.09. The van der Waals surface area contributed by atoms with Crippen molar-refractivity contribution in [2.75, 3.05) is 6.61 Å². The van der Waals surface area contributed by atoms with Crippen molar-refractivity contribution in [3.8, 4) is 0 Å². The van der Waals surface area contributed by atoms with Crippen molar-refractivity contribution >= 4 is 28.5 Å². The number of halogens is 1. The lowest BCUT2D eigenvalue weighted by Crippen LogP contribution is -2.07. The molecule has 4 nitrogen and oxygen atoms in total. The maximum atomic E-state index is 12.2. The summed E-state index contributed by atoms with van der Waals surface area (Å²) in [5, 5.41) is 1.32. The second-order valence-corrected chi connectivity index (χ2v) is 5.67. The summed E-state index contributed by atoms with van der Waals surface area (Å²) >= 11 is 6.09. The number of furan rings is 1. The monoisotopic (exact) mass is 329 g/mol. The quantitative estimate of drug-likeness (QED) is 0.508. The molecule has 0 bridgehead atoms. The maximum Gasteiger partial charge on any atom is 0.374 e. The second kappa shape index (κ2) is 6.84. The van der Waals surface area contributed by atoms with Gasteiger partial charge in [-0.1, -0.05) is 23.7 Å². The van der Waals surface area contributed by atoms with Crippen LogP contribution in [0.15, 0.2) is 47.1 Å². The number of esters is 1. The number of aryl methyl sites for hydroxylation is 2. The number of hydrogen-bond acceptors (Lipinski definition) is 4. The number of carbonyl (C=O) groups is 1. The number of ether oxygens (including phenoxy) is 1. The highest BCUT2D eigenvalue weighted by Gasteiger charge is 2.20. The molecule has 0 spiro atoms. The number of nitrogens with zero attached hydrogens (tertiary/aromatic N) is 1. The van der Waals surface area contributed by atoms with Crippen molar-refractivity contribution in [2.24, 2.45) is 0 Å². The van der Waals surface area contributed by atoms with E-state index in [9.17, 15) is 4.79 Å². The summed E-state index contributed by atoms with van der Waals surface area (Å²) in [5.74, 6) is -0.235. The van der Waals surface area contributed by atoms with Gasteiger partial charge in [-0.2, -0.15) is 0 Å². The Morgan fingerprint density at radius 3 is 2.78 bits per heavy atom. The number of carbonyl (C=O) groups excluding carboxylic acids is 1. The minimum absolute atomic E-state index is 0.219. The van der Waals surface area contributed by atoms with Crippen molar-refractivity contribution in [3.63, 3.8) is 0 Å². The van der Waals surface area contributed by atoms with Crippen LogP contribution >= 0.6 is 11.6 Å². The molecule has 0 unspecified atom stereocenters. The molecule has 3 rings (SSSR count). The molecule has 2 aromatic heterocycles. The fraction of sp³-hybridized carbons (Fsp3) is 0.222. The lowest BCUT2D eigenvalue weighted by Gasteiger charge is -2.03. The molecule has 0 aliphatic rings. The van der Waals surface area contributed by atoms with Gasteiger partial charge in [0.25, 0.3) is 0 Å². The Balaban J connectivity index is 1.62. The van der Waals surface area contributed by atoms with Crippen LogP contribution < -0.4 is 0 Å². The third-order valence-electron chi connectivity index (χ3n) is 3.69. The van der Waals surface area contributed by atoms with Gasteiger partial charge in [0.05, 0.1) is 11.6 Å². The average Bonchev–Trinajstić information content (AvgIpc) is 2.91. The fourth-order valence-electron chi connectivity index (χ4n) is 2.46. The third kappa shape index (κ3) is 3.37. The molecule has 0 aliphatic heterocycles. The van der Waals surface area contributed by atoms with Crippen LogP contribution in [0.5, 0.6) is 0 Å². The predicted molar refractivity (Wildman–Crippen MR) is 88.8 cm³/mol. The molecule has 118 valence electrons. The van der Waals surface area contributed by atoms with Gasteiger partial charge in [0.15, 0.2) is 5.58 Å². The van der Waals surface area contributed by atoms with Gasteiger partial charge < -0.3 is 9.15 Å². The molecular formula is C18H16ClNO3. The second-order valence-electron chi connectivity index (χ2n) is 5.27. The van der Waals surface area contributed by atoms with Crippen molar-refractivity contribution in [2.45, 2.75) is 19.8 Å². The molecular weight excluding hydrogens is 314 g/mol. The van der Waals surface area contributed by atoms with Crippen LogP contribution in [0.4, 0.5) is 0 Å². The van der Waals surface area contributed by atoms with Gasteiger partial charge in [-0.25, -0.2) is 4.79 Å². The van der Waals surface area contributed by atoms with Crippen molar-refractivity contribution < 1.29 is 13.9 Å². The minimum Gasteiger partial charge on any atom is -0.460 e. The molecule has 2 heterocycles. The molecule has 0 aliphatic carbocycles. The number of rotatable bonds is 5. The zero-order valence-corrected chi connectivity index (χ0v) is 13.5. The number of hydrogen-bond donors (Lipinski definition) is 0. The first-order valence-electron chi connectivity index (χ1n) is 7.40. The molecule has 1 aromatic carbocycles. The number of aromatic nitrogens is 1. The average molecular weight is 330 g/mol. The zero-order chi connectivity index (χ0) is 16.2. The van der Waals surface area contributed by atoms with Gasteiger partial charge in [0.2, 0.25) is 5.76 Å². The van der Waals surface area contributed by atoms with Crippen LogP contribution in [0, 0.1) is 6.92 Å². The fourth-order valence-corrected chi connectivity index (χ4v) is 2.67. The maximum absolute atomic E-state index is 12.2. The van der Waals surface area contributed by atoms with Gasteiger partial charge in [-0.05, 0) is 43.5 Å². The van der Waals surface area contributed by atoms with Crippen molar-refractivity contribution in [1.29, 1.82) is 0 Å². The minimum atomic E-state index is -0.454. The Bertz CT molecular complexity index is 827. The number of pyridine rings is 1. The van der Waals surface area contributed by atoms with E-state index in [0.717, 1.165) is 23.8 Å². The van der Waals surface area contributed by atoms with Crippen LogP contribution in [0.3, 0.4) is 0 Å². The molecule has 0 amide bonds. The van der Waals surface area contributed by atoms with Crippen LogP contribution in [-0.2, 0) is 11.2 Å². The largest absolute Gasteiger partial charge is 0.460 e. The Morgan fingerprint density at radius 2 is 2.04 bits per heavy atom. The molecule has 0 saturated heterocycles. The van der Waals surface area contributed by atoms with E-state index in [1.165, 1.54) is 5.56 Å². The highest BCUT2D eigenvalue weighted by molar-refractivity contribution is 6.35. The summed E-state index contributed by atoms with van der Waals surface area (Å²) in [4.78, 5) is 16.2. The molecule has 0 radical (unpaired) electrons. The predicted octanol–water partition coefficient (Wildman–Crippen LogP) is 4.58. The Labute approximate surface area is 139 Å². The Kier molecular flexibility index (Phi) is 4.63. The van der Waals surface area contributed by atoms with Gasteiger partial charge in [0.1, 0.15) is 0 Å². The number of fused-ring (bicyclic) bond motifs is 1. The van der Waals surface area contributed by atoms with E-state index in [0.29, 0.717) is 17.2 Å². The molecule has 0 atom stereocenters. The first-order chi connectivity index (χ1) is 11.2. The van der Waals surface area contributed by atoms with Crippen LogP contribution in [-0.4, -0.2) is 17.6 Å². The summed E-state index contributed by atoms with van der Waals surface area (Å²) in [6.45, 7) is 2.17. The highest BCUT2D eigenvalue weighted by Crippen LogP contribution is 2.30. The number of benzene rings is 1. The Hall–Kier alpha value is -2.33. The van der Waals surface area contributed by atoms with Crippen LogP contribution in [0.2, 0.25) is 5.02 Å². The molecule has 0 N–H and O–H groups in total. The lowest BCUT2D eigenvalue weighted by molar-refractivity contribution is 0.0466. The lowest BCUT2D eigenvalue weighted by atomic mass is 10.1. The topological polar surface area (TPSA) is 52.3 Å². The normalized spacial score (nSPS) is 10.9.